The molecule has 146 valence electrons. The maximum absolute atomic E-state index is 12.3. The van der Waals surface area contributed by atoms with E-state index in [1.54, 1.807) is 29.7 Å². The van der Waals surface area contributed by atoms with Crippen molar-refractivity contribution in [1.82, 2.24) is 19.1 Å². The lowest BCUT2D eigenvalue weighted by Crippen LogP contribution is -2.29. The van der Waals surface area contributed by atoms with Crippen molar-refractivity contribution in [3.05, 3.63) is 60.2 Å². The molecule has 0 atom stereocenters. The number of benzene rings is 1. The Hall–Kier alpha value is -2.85. The Morgan fingerprint density at radius 2 is 2.21 bits per heavy atom. The number of hydrogen-bond acceptors (Lipinski definition) is 6. The van der Waals surface area contributed by atoms with Crippen LogP contribution in [0.5, 0.6) is 5.75 Å². The zero-order valence-electron chi connectivity index (χ0n) is 14.9. The van der Waals surface area contributed by atoms with Gasteiger partial charge in [0.1, 0.15) is 5.75 Å². The van der Waals surface area contributed by atoms with Crippen LogP contribution < -0.4 is 16.7 Å². The van der Waals surface area contributed by atoms with Gasteiger partial charge >= 0.3 is 5.69 Å². The van der Waals surface area contributed by atoms with Gasteiger partial charge in [0.05, 0.1) is 6.21 Å². The van der Waals surface area contributed by atoms with Crippen LogP contribution in [0.1, 0.15) is 12.5 Å². The summed E-state index contributed by atoms with van der Waals surface area (Å²) >= 11 is 9.24. The zero-order valence-corrected chi connectivity index (χ0v) is 17.2. The van der Waals surface area contributed by atoms with Crippen molar-refractivity contribution in [3.8, 4) is 5.75 Å². The molecule has 0 saturated carbocycles. The van der Waals surface area contributed by atoms with Crippen LogP contribution in [0.25, 0.3) is 11.2 Å². The fraction of sp³-hybridized carbons (Fsp3) is 0.176. The highest BCUT2D eigenvalue weighted by Crippen LogP contribution is 2.20. The number of aromatic hydroxyl groups is 1. The fourth-order valence-corrected chi connectivity index (χ4v) is 2.95. The smallest absolute Gasteiger partial charge is 0.329 e. The molecule has 3 N–H and O–H groups in total. The maximum Gasteiger partial charge on any atom is 0.329 e. The number of aryl methyl sites for hydroxylation is 1. The number of H-pyrrole nitrogens is 1. The third-order valence-electron chi connectivity index (χ3n) is 3.92. The molecule has 28 heavy (non-hydrogen) atoms. The van der Waals surface area contributed by atoms with Crippen LogP contribution in [-0.2, 0) is 13.6 Å². The van der Waals surface area contributed by atoms with Gasteiger partial charge in [-0.2, -0.15) is 10.1 Å². The lowest BCUT2D eigenvalue weighted by atomic mass is 10.2. The average Bonchev–Trinajstić information content (AvgIpc) is 3.00. The Labute approximate surface area is 172 Å². The summed E-state index contributed by atoms with van der Waals surface area (Å²) in [5.74, 6) is 0.295. The second-order valence-electron chi connectivity index (χ2n) is 5.90. The van der Waals surface area contributed by atoms with Crippen LogP contribution in [0, 0.1) is 0 Å². The predicted octanol–water partition coefficient (Wildman–Crippen LogP) is 2.48. The number of rotatable bonds is 5. The van der Waals surface area contributed by atoms with Crippen molar-refractivity contribution in [1.29, 1.82) is 0 Å². The highest BCUT2D eigenvalue weighted by molar-refractivity contribution is 9.10. The molecule has 0 aliphatic carbocycles. The predicted molar refractivity (Wildman–Crippen MR) is 112 cm³/mol. The number of nitrogens with zero attached hydrogens (tertiary/aromatic N) is 4. The first-order chi connectivity index (χ1) is 13.3. The number of aromatic amines is 1. The number of imidazole rings is 1. The fourth-order valence-electron chi connectivity index (χ4n) is 2.50. The van der Waals surface area contributed by atoms with Crippen molar-refractivity contribution in [2.24, 2.45) is 12.1 Å². The van der Waals surface area contributed by atoms with Gasteiger partial charge in [0.25, 0.3) is 5.56 Å². The molecule has 0 unspecified atom stereocenters. The Bertz CT molecular complexity index is 1220. The molecule has 0 amide bonds. The van der Waals surface area contributed by atoms with E-state index in [0.717, 1.165) is 4.47 Å². The van der Waals surface area contributed by atoms with Gasteiger partial charge < -0.3 is 5.11 Å². The Morgan fingerprint density at radius 1 is 1.46 bits per heavy atom. The van der Waals surface area contributed by atoms with Crippen LogP contribution >= 0.6 is 27.5 Å². The number of fused-ring (bicyclic) bond motifs is 1. The summed E-state index contributed by atoms with van der Waals surface area (Å²) in [7, 11) is 1.51. The molecule has 3 rings (SSSR count). The lowest BCUT2D eigenvalue weighted by molar-refractivity contribution is 0.474. The normalized spacial score (nSPS) is 12.2. The second kappa shape index (κ2) is 8.03. The molecule has 2 aromatic heterocycles. The summed E-state index contributed by atoms with van der Waals surface area (Å²) in [6, 6.07) is 4.93. The quantitative estimate of drug-likeness (QED) is 0.394. The van der Waals surface area contributed by atoms with Gasteiger partial charge in [0, 0.05) is 28.7 Å². The average molecular weight is 468 g/mol. The molecular weight excluding hydrogens is 452 g/mol. The molecule has 9 nitrogen and oxygen atoms in total. The zero-order chi connectivity index (χ0) is 20.4. The van der Waals surface area contributed by atoms with E-state index in [1.807, 2.05) is 0 Å². The third kappa shape index (κ3) is 4.02. The molecular formula is C17H16BrClN6O3. The third-order valence-corrected chi connectivity index (χ3v) is 4.57. The monoisotopic (exact) mass is 466 g/mol. The number of hydrazone groups is 1. The first-order valence-electron chi connectivity index (χ1n) is 8.07. The molecule has 1 aromatic carbocycles. The van der Waals surface area contributed by atoms with E-state index < -0.39 is 11.2 Å². The van der Waals surface area contributed by atoms with Gasteiger partial charge in [-0.3, -0.25) is 18.9 Å². The lowest BCUT2D eigenvalue weighted by Gasteiger charge is -2.05. The minimum absolute atomic E-state index is 0.0572. The Kier molecular flexibility index (Phi) is 5.71. The Morgan fingerprint density at radius 3 is 2.93 bits per heavy atom. The van der Waals surface area contributed by atoms with E-state index in [4.69, 9.17) is 11.6 Å². The van der Waals surface area contributed by atoms with E-state index >= 15 is 0 Å². The van der Waals surface area contributed by atoms with Crippen LogP contribution in [0.15, 0.2) is 48.5 Å². The van der Waals surface area contributed by atoms with Crippen molar-refractivity contribution >= 4 is 50.9 Å². The first-order valence-corrected chi connectivity index (χ1v) is 9.24. The molecule has 11 heteroatoms. The van der Waals surface area contributed by atoms with Gasteiger partial charge in [-0.15, -0.1) is 0 Å². The minimum atomic E-state index is -0.569. The number of halogens is 2. The highest BCUT2D eigenvalue weighted by atomic mass is 79.9. The van der Waals surface area contributed by atoms with E-state index in [1.165, 1.54) is 23.9 Å². The van der Waals surface area contributed by atoms with Crippen molar-refractivity contribution in [2.45, 2.75) is 13.5 Å². The molecule has 0 bridgehead atoms. The largest absolute Gasteiger partial charge is 0.507 e. The first kappa shape index (κ1) is 19.9. The van der Waals surface area contributed by atoms with E-state index in [-0.39, 0.29) is 29.4 Å². The number of allylic oxidation sites excluding steroid dienone is 2. The van der Waals surface area contributed by atoms with Gasteiger partial charge in [-0.05, 0) is 25.1 Å². The van der Waals surface area contributed by atoms with Crippen LogP contribution in [0.4, 0.5) is 5.95 Å². The summed E-state index contributed by atoms with van der Waals surface area (Å²) in [6.07, 6.45) is 3.11. The molecule has 0 fully saturated rings. The standard InChI is InChI=1S/C17H16BrClN6O3/c1-9(19)5-6-25-13-14(24(2)17(28)22-15(13)27)21-16(25)23-20-8-10-7-11(18)3-4-12(10)26/h3-5,7-8,26H,6H2,1-2H3,(H,21,23)(H,22,27,28). The van der Waals surface area contributed by atoms with E-state index in [2.05, 4.69) is 36.4 Å². The summed E-state index contributed by atoms with van der Waals surface area (Å²) in [6.45, 7) is 1.95. The topological polar surface area (TPSA) is 117 Å². The summed E-state index contributed by atoms with van der Waals surface area (Å²) < 4.78 is 3.57. The van der Waals surface area contributed by atoms with Gasteiger partial charge in [0.2, 0.25) is 5.95 Å². The molecule has 2 heterocycles. The van der Waals surface area contributed by atoms with Crippen LogP contribution in [0.3, 0.4) is 0 Å². The minimum Gasteiger partial charge on any atom is -0.507 e. The molecule has 0 spiro atoms. The van der Waals surface area contributed by atoms with Crippen molar-refractivity contribution in [3.63, 3.8) is 0 Å². The molecule has 0 aliphatic heterocycles. The number of aromatic nitrogens is 4. The Balaban J connectivity index is 2.06. The molecule has 0 radical (unpaired) electrons. The molecule has 0 saturated heterocycles. The van der Waals surface area contributed by atoms with Crippen molar-refractivity contribution < 1.29 is 5.11 Å². The summed E-state index contributed by atoms with van der Waals surface area (Å²) in [5, 5.41) is 14.5. The van der Waals surface area contributed by atoms with E-state index in [0.29, 0.717) is 10.6 Å². The number of phenolic OH excluding ortho intramolecular Hbond substituents is 1. The summed E-state index contributed by atoms with van der Waals surface area (Å²) in [5.41, 5.74) is 2.51. The maximum atomic E-state index is 12.3. The van der Waals surface area contributed by atoms with E-state index in [9.17, 15) is 14.7 Å². The van der Waals surface area contributed by atoms with Gasteiger partial charge in [-0.25, -0.2) is 10.2 Å². The molecule has 3 aromatic rings. The highest BCUT2D eigenvalue weighted by Gasteiger charge is 2.16. The SMILES string of the molecule is CC(Cl)=CCn1c(NN=Cc2cc(Br)ccc2O)nc2c1c(=O)[nH]c(=O)n2C. The summed E-state index contributed by atoms with van der Waals surface area (Å²) in [4.78, 5) is 30.7. The number of nitrogens with one attached hydrogen (secondary N) is 2. The van der Waals surface area contributed by atoms with Crippen LogP contribution in [0.2, 0.25) is 0 Å². The number of phenols is 1. The number of anilines is 1. The number of hydrogen-bond donors (Lipinski definition) is 3. The second-order valence-corrected chi connectivity index (χ2v) is 7.41. The van der Waals surface area contributed by atoms with Crippen molar-refractivity contribution in [2.75, 3.05) is 5.43 Å². The van der Waals surface area contributed by atoms with Gasteiger partial charge in [0.15, 0.2) is 11.2 Å². The van der Waals surface area contributed by atoms with Crippen LogP contribution in [-0.4, -0.2) is 30.4 Å². The molecule has 0 aliphatic rings. The van der Waals surface area contributed by atoms with Gasteiger partial charge in [-0.1, -0.05) is 33.6 Å².